The molecule has 0 atom stereocenters. The zero-order valence-electron chi connectivity index (χ0n) is 9.10. The lowest BCUT2D eigenvalue weighted by molar-refractivity contribution is -0.107. The highest BCUT2D eigenvalue weighted by Gasteiger charge is 2.12. The predicted molar refractivity (Wildman–Crippen MR) is 58.4 cm³/mol. The molecule has 1 aromatic rings. The van der Waals surface area contributed by atoms with Crippen LogP contribution in [0.15, 0.2) is 18.2 Å². The largest absolute Gasteiger partial charge is 0.508 e. The van der Waals surface area contributed by atoms with Crippen LogP contribution in [0, 0.1) is 0 Å². The Kier molecular flexibility index (Phi) is 4.51. The van der Waals surface area contributed by atoms with E-state index in [1.165, 1.54) is 18.2 Å². The number of ether oxygens (including phenoxy) is 1. The van der Waals surface area contributed by atoms with Gasteiger partial charge in [0.15, 0.2) is 0 Å². The standard InChI is InChI=1S/C12H14O4/c1-2-16-12(15)11-6-5-10(14)8-9(11)4-3-7-13/h5-8,14H,2-4H2,1H3. The Labute approximate surface area is 93.9 Å². The molecule has 86 valence electrons. The van der Waals surface area contributed by atoms with Crippen LogP contribution in [0.25, 0.3) is 0 Å². The first-order chi connectivity index (χ1) is 7.69. The number of phenolic OH excluding ortho intramolecular Hbond substituents is 1. The van der Waals surface area contributed by atoms with E-state index >= 15 is 0 Å². The van der Waals surface area contributed by atoms with Crippen molar-refractivity contribution in [1.82, 2.24) is 0 Å². The van der Waals surface area contributed by atoms with Crippen molar-refractivity contribution in [2.24, 2.45) is 0 Å². The average molecular weight is 222 g/mol. The molecule has 0 amide bonds. The first-order valence-electron chi connectivity index (χ1n) is 5.11. The third-order valence-corrected chi connectivity index (χ3v) is 2.12. The van der Waals surface area contributed by atoms with Crippen LogP contribution in [0.3, 0.4) is 0 Å². The summed E-state index contributed by atoms with van der Waals surface area (Å²) in [6.07, 6.45) is 1.51. The Hall–Kier alpha value is -1.84. The van der Waals surface area contributed by atoms with Gasteiger partial charge in [0.1, 0.15) is 12.0 Å². The molecule has 0 spiro atoms. The lowest BCUT2D eigenvalue weighted by atomic mass is 10.0. The molecule has 0 bridgehead atoms. The lowest BCUT2D eigenvalue weighted by Crippen LogP contribution is -2.08. The minimum Gasteiger partial charge on any atom is -0.508 e. The molecule has 4 heteroatoms. The van der Waals surface area contributed by atoms with Gasteiger partial charge < -0.3 is 14.6 Å². The molecule has 1 aromatic carbocycles. The number of carbonyl (C=O) groups excluding carboxylic acids is 2. The number of esters is 1. The van der Waals surface area contributed by atoms with Gasteiger partial charge in [-0.1, -0.05) is 0 Å². The molecule has 4 nitrogen and oxygen atoms in total. The minimum atomic E-state index is -0.427. The number of rotatable bonds is 5. The maximum Gasteiger partial charge on any atom is 0.338 e. The van der Waals surface area contributed by atoms with Crippen LogP contribution in [0.2, 0.25) is 0 Å². The van der Waals surface area contributed by atoms with Gasteiger partial charge in [-0.15, -0.1) is 0 Å². The van der Waals surface area contributed by atoms with E-state index in [0.717, 1.165) is 6.29 Å². The van der Waals surface area contributed by atoms with Crippen molar-refractivity contribution in [2.75, 3.05) is 6.61 Å². The Bertz CT molecular complexity index is 385. The second-order valence-electron chi connectivity index (χ2n) is 3.27. The van der Waals surface area contributed by atoms with Gasteiger partial charge in [-0.05, 0) is 37.1 Å². The topological polar surface area (TPSA) is 63.6 Å². The van der Waals surface area contributed by atoms with Gasteiger partial charge in [0.25, 0.3) is 0 Å². The fourth-order valence-electron chi connectivity index (χ4n) is 1.41. The number of benzene rings is 1. The normalized spacial score (nSPS) is 9.81. The van der Waals surface area contributed by atoms with Crippen LogP contribution < -0.4 is 0 Å². The number of carbonyl (C=O) groups is 2. The number of hydrogen-bond acceptors (Lipinski definition) is 4. The summed E-state index contributed by atoms with van der Waals surface area (Å²) in [5.41, 5.74) is 1.03. The van der Waals surface area contributed by atoms with Crippen LogP contribution >= 0.6 is 0 Å². The highest BCUT2D eigenvalue weighted by molar-refractivity contribution is 5.91. The molecule has 0 aromatic heterocycles. The molecule has 16 heavy (non-hydrogen) atoms. The Balaban J connectivity index is 2.96. The molecule has 0 unspecified atom stereocenters. The predicted octanol–water partition coefficient (Wildman–Crippen LogP) is 1.70. The summed E-state index contributed by atoms with van der Waals surface area (Å²) in [5.74, 6) is -0.350. The fraction of sp³-hybridized carbons (Fsp3) is 0.333. The highest BCUT2D eigenvalue weighted by atomic mass is 16.5. The quantitative estimate of drug-likeness (QED) is 0.608. The number of phenols is 1. The van der Waals surface area contributed by atoms with Crippen molar-refractivity contribution in [1.29, 1.82) is 0 Å². The molecular weight excluding hydrogens is 208 g/mol. The van der Waals surface area contributed by atoms with Crippen molar-refractivity contribution >= 4 is 12.3 Å². The van der Waals surface area contributed by atoms with E-state index in [2.05, 4.69) is 0 Å². The Morgan fingerprint density at radius 3 is 2.88 bits per heavy atom. The van der Waals surface area contributed by atoms with Crippen LogP contribution in [0.5, 0.6) is 5.75 Å². The lowest BCUT2D eigenvalue weighted by Gasteiger charge is -2.08. The summed E-state index contributed by atoms with van der Waals surface area (Å²) in [6, 6.07) is 4.42. The second-order valence-corrected chi connectivity index (χ2v) is 3.27. The van der Waals surface area contributed by atoms with Crippen molar-refractivity contribution in [3.05, 3.63) is 29.3 Å². The van der Waals surface area contributed by atoms with E-state index in [1.54, 1.807) is 6.92 Å². The van der Waals surface area contributed by atoms with Crippen molar-refractivity contribution in [2.45, 2.75) is 19.8 Å². The fourth-order valence-corrected chi connectivity index (χ4v) is 1.41. The number of aryl methyl sites for hydroxylation is 1. The zero-order chi connectivity index (χ0) is 12.0. The van der Waals surface area contributed by atoms with Crippen molar-refractivity contribution < 1.29 is 19.4 Å². The number of aromatic hydroxyl groups is 1. The smallest absolute Gasteiger partial charge is 0.338 e. The maximum atomic E-state index is 11.5. The molecule has 0 saturated heterocycles. The van der Waals surface area contributed by atoms with Gasteiger partial charge >= 0.3 is 5.97 Å². The summed E-state index contributed by atoms with van der Waals surface area (Å²) in [5, 5.41) is 9.31. The van der Waals surface area contributed by atoms with Crippen LogP contribution in [0.4, 0.5) is 0 Å². The van der Waals surface area contributed by atoms with Crippen LogP contribution in [-0.2, 0) is 16.0 Å². The molecule has 0 heterocycles. The summed E-state index contributed by atoms with van der Waals surface area (Å²) >= 11 is 0. The summed E-state index contributed by atoms with van der Waals surface area (Å²) in [7, 11) is 0. The minimum absolute atomic E-state index is 0.0777. The molecule has 0 radical (unpaired) electrons. The van der Waals surface area contributed by atoms with Crippen molar-refractivity contribution in [3.8, 4) is 5.75 Å². The Morgan fingerprint density at radius 1 is 1.50 bits per heavy atom. The van der Waals surface area contributed by atoms with Gasteiger partial charge in [0, 0.05) is 6.42 Å². The van der Waals surface area contributed by atoms with E-state index in [0.29, 0.717) is 30.6 Å². The van der Waals surface area contributed by atoms with E-state index < -0.39 is 5.97 Å². The number of aldehydes is 1. The van der Waals surface area contributed by atoms with E-state index in [1.807, 2.05) is 0 Å². The van der Waals surface area contributed by atoms with Crippen molar-refractivity contribution in [3.63, 3.8) is 0 Å². The van der Waals surface area contributed by atoms with Crippen LogP contribution in [0.1, 0.15) is 29.3 Å². The SMILES string of the molecule is CCOC(=O)c1ccc(O)cc1CCC=O. The molecule has 0 aliphatic carbocycles. The van der Waals surface area contributed by atoms with Gasteiger partial charge in [-0.25, -0.2) is 4.79 Å². The Morgan fingerprint density at radius 2 is 2.25 bits per heavy atom. The molecule has 0 aliphatic heterocycles. The molecule has 0 aliphatic rings. The zero-order valence-corrected chi connectivity index (χ0v) is 9.10. The van der Waals surface area contributed by atoms with Gasteiger partial charge in [0.05, 0.1) is 12.2 Å². The summed E-state index contributed by atoms with van der Waals surface area (Å²) in [4.78, 5) is 21.8. The molecule has 0 fully saturated rings. The van der Waals surface area contributed by atoms with Gasteiger partial charge in [-0.3, -0.25) is 0 Å². The monoisotopic (exact) mass is 222 g/mol. The van der Waals surface area contributed by atoms with E-state index in [-0.39, 0.29) is 5.75 Å². The van der Waals surface area contributed by atoms with Gasteiger partial charge in [0.2, 0.25) is 0 Å². The summed E-state index contributed by atoms with van der Waals surface area (Å²) in [6.45, 7) is 2.02. The second kappa shape index (κ2) is 5.90. The third kappa shape index (κ3) is 3.08. The molecule has 1 N–H and O–H groups in total. The summed E-state index contributed by atoms with van der Waals surface area (Å²) < 4.78 is 4.88. The number of hydrogen-bond donors (Lipinski definition) is 1. The van der Waals surface area contributed by atoms with Gasteiger partial charge in [-0.2, -0.15) is 0 Å². The van der Waals surface area contributed by atoms with E-state index in [4.69, 9.17) is 4.74 Å². The third-order valence-electron chi connectivity index (χ3n) is 2.12. The average Bonchev–Trinajstić information content (AvgIpc) is 2.26. The molecular formula is C12H14O4. The highest BCUT2D eigenvalue weighted by Crippen LogP contribution is 2.18. The molecule has 0 saturated carbocycles. The van der Waals surface area contributed by atoms with Crippen LogP contribution in [-0.4, -0.2) is 24.0 Å². The first-order valence-corrected chi connectivity index (χ1v) is 5.11. The molecule has 1 rings (SSSR count). The van der Waals surface area contributed by atoms with E-state index in [9.17, 15) is 14.7 Å². The first kappa shape index (κ1) is 12.2. The maximum absolute atomic E-state index is 11.5.